The molecule has 0 heterocycles. The molecule has 0 aromatic heterocycles. The molecular weight excluding hydrogens is 352 g/mol. The van der Waals surface area contributed by atoms with Crippen LogP contribution in [0.15, 0.2) is 0 Å². The summed E-state index contributed by atoms with van der Waals surface area (Å²) in [6, 6.07) is 0. The van der Waals surface area contributed by atoms with Crippen molar-refractivity contribution >= 4 is 18.5 Å². The monoisotopic (exact) mass is 380 g/mol. The molecule has 2 unspecified atom stereocenters. The lowest BCUT2D eigenvalue weighted by Crippen LogP contribution is -2.19. The van der Waals surface area contributed by atoms with Gasteiger partial charge in [-0.1, -0.05) is 13.3 Å². The topological polar surface area (TPSA) is 171 Å². The molecule has 0 spiro atoms. The molecule has 152 valence electrons. The highest BCUT2D eigenvalue weighted by Gasteiger charge is 2.29. The lowest BCUT2D eigenvalue weighted by molar-refractivity contribution is 0.0358. The van der Waals surface area contributed by atoms with Gasteiger partial charge in [0.25, 0.3) is 0 Å². The summed E-state index contributed by atoms with van der Waals surface area (Å²) in [5, 5.41) is 38.5. The minimum Gasteiger partial charge on any atom is -0.450 e. The average molecular weight is 380 g/mol. The summed E-state index contributed by atoms with van der Waals surface area (Å²) in [6.45, 7) is 2.05. The standard InChI is InChI=1S/C7H12O3.C4H6O3.C4H8O.CH2O3/c8-7(9)10-6-4-2-1-3-5-6;5-4(6)7-3-1-2-3;1-3-2-4(3)5;2-1(3)4/h6H,1-5H2,(H,8,9);3H,1-2H2,(H,5,6);3-5H,2H2,1H3;(H2,2,3,4). The molecule has 3 rings (SSSR count). The molecule has 0 bridgehead atoms. The second-order valence-corrected chi connectivity index (χ2v) is 6.29. The molecule has 0 aromatic rings. The lowest BCUT2D eigenvalue weighted by Gasteiger charge is -2.19. The summed E-state index contributed by atoms with van der Waals surface area (Å²) >= 11 is 0. The molecule has 3 fully saturated rings. The third-order valence-corrected chi connectivity index (χ3v) is 3.68. The maximum absolute atomic E-state index is 10.0. The van der Waals surface area contributed by atoms with Crippen molar-refractivity contribution in [1.29, 1.82) is 0 Å². The quantitative estimate of drug-likeness (QED) is 0.447. The van der Waals surface area contributed by atoms with E-state index in [1.54, 1.807) is 0 Å². The smallest absolute Gasteiger partial charge is 0.450 e. The van der Waals surface area contributed by atoms with Gasteiger partial charge in [-0.25, -0.2) is 14.4 Å². The SMILES string of the molecule is CC1CC1O.O=C(O)O.O=C(O)OC1CC1.O=C(O)OC1CCCCC1. The maximum Gasteiger partial charge on any atom is 0.506 e. The Bertz CT molecular complexity index is 419. The number of aliphatic hydroxyl groups excluding tert-OH is 1. The second kappa shape index (κ2) is 13.0. The van der Waals surface area contributed by atoms with E-state index in [9.17, 15) is 9.59 Å². The van der Waals surface area contributed by atoms with Gasteiger partial charge in [0.15, 0.2) is 0 Å². The van der Waals surface area contributed by atoms with Gasteiger partial charge in [0, 0.05) is 0 Å². The Morgan fingerprint density at radius 2 is 1.08 bits per heavy atom. The molecule has 3 aliphatic carbocycles. The first-order valence-electron chi connectivity index (χ1n) is 8.50. The fraction of sp³-hybridized carbons (Fsp3) is 0.812. The van der Waals surface area contributed by atoms with Crippen LogP contribution in [-0.2, 0) is 9.47 Å². The first-order chi connectivity index (χ1) is 12.1. The normalized spacial score (nSPS) is 23.3. The third-order valence-electron chi connectivity index (χ3n) is 3.68. The van der Waals surface area contributed by atoms with Gasteiger partial charge in [-0.15, -0.1) is 0 Å². The molecule has 0 radical (unpaired) electrons. The van der Waals surface area contributed by atoms with Crippen LogP contribution in [0.5, 0.6) is 0 Å². The van der Waals surface area contributed by atoms with Crippen molar-refractivity contribution in [1.82, 2.24) is 0 Å². The van der Waals surface area contributed by atoms with Crippen molar-refractivity contribution in [3.05, 3.63) is 0 Å². The van der Waals surface area contributed by atoms with Gasteiger partial charge in [0.2, 0.25) is 0 Å². The van der Waals surface area contributed by atoms with Crippen molar-refractivity contribution in [2.45, 2.75) is 76.6 Å². The molecule has 26 heavy (non-hydrogen) atoms. The molecule has 0 aromatic carbocycles. The van der Waals surface area contributed by atoms with Gasteiger partial charge < -0.3 is 35.0 Å². The van der Waals surface area contributed by atoms with Crippen LogP contribution in [0, 0.1) is 5.92 Å². The van der Waals surface area contributed by atoms with Crippen molar-refractivity contribution in [3.8, 4) is 0 Å². The fourth-order valence-electron chi connectivity index (χ4n) is 1.96. The van der Waals surface area contributed by atoms with E-state index in [1.165, 1.54) is 6.42 Å². The number of hydrogen-bond acceptors (Lipinski definition) is 6. The molecule has 0 amide bonds. The van der Waals surface area contributed by atoms with Crippen molar-refractivity contribution in [2.24, 2.45) is 5.92 Å². The van der Waals surface area contributed by atoms with Gasteiger partial charge in [0.1, 0.15) is 12.2 Å². The highest BCUT2D eigenvalue weighted by atomic mass is 16.7. The van der Waals surface area contributed by atoms with E-state index in [4.69, 9.17) is 30.3 Å². The van der Waals surface area contributed by atoms with Crippen LogP contribution in [0.3, 0.4) is 0 Å². The zero-order valence-corrected chi connectivity index (χ0v) is 14.7. The average Bonchev–Trinajstić information content (AvgIpc) is 3.42. The molecule has 3 saturated carbocycles. The number of aliphatic hydroxyl groups is 1. The molecular formula is C16H28O10. The van der Waals surface area contributed by atoms with E-state index in [0.717, 1.165) is 44.9 Å². The Morgan fingerprint density at radius 1 is 0.769 bits per heavy atom. The molecule has 10 heteroatoms. The number of carboxylic acid groups (broad SMARTS) is 4. The molecule has 10 nitrogen and oxygen atoms in total. The Hall–Kier alpha value is -2.23. The van der Waals surface area contributed by atoms with E-state index < -0.39 is 18.5 Å². The first-order valence-corrected chi connectivity index (χ1v) is 8.50. The zero-order chi connectivity index (χ0) is 20.1. The summed E-state index contributed by atoms with van der Waals surface area (Å²) in [4.78, 5) is 28.2. The van der Waals surface area contributed by atoms with Crippen LogP contribution >= 0.6 is 0 Å². The maximum atomic E-state index is 10.0. The minimum absolute atomic E-state index is 0.0220. The van der Waals surface area contributed by atoms with E-state index in [0.29, 0.717) is 5.92 Å². The van der Waals surface area contributed by atoms with Gasteiger partial charge >= 0.3 is 18.5 Å². The van der Waals surface area contributed by atoms with Crippen molar-refractivity contribution in [2.75, 3.05) is 0 Å². The first kappa shape index (κ1) is 23.8. The summed E-state index contributed by atoms with van der Waals surface area (Å²) in [5.41, 5.74) is 0. The van der Waals surface area contributed by atoms with Gasteiger partial charge in [-0.3, -0.25) is 0 Å². The number of carbonyl (C=O) groups is 3. The van der Waals surface area contributed by atoms with Crippen molar-refractivity contribution in [3.63, 3.8) is 0 Å². The summed E-state index contributed by atoms with van der Waals surface area (Å²) in [5.74, 6) is 0.606. The third kappa shape index (κ3) is 18.1. The summed E-state index contributed by atoms with van der Waals surface area (Å²) < 4.78 is 8.89. The predicted molar refractivity (Wildman–Crippen MR) is 88.6 cm³/mol. The summed E-state index contributed by atoms with van der Waals surface area (Å²) in [7, 11) is 0. The molecule has 5 N–H and O–H groups in total. The molecule has 0 aliphatic heterocycles. The lowest BCUT2D eigenvalue weighted by atomic mass is 9.98. The van der Waals surface area contributed by atoms with Gasteiger partial charge in [-0.2, -0.15) is 0 Å². The van der Waals surface area contributed by atoms with E-state index in [1.807, 2.05) is 6.92 Å². The molecule has 3 aliphatic rings. The van der Waals surface area contributed by atoms with Crippen LogP contribution in [0.1, 0.15) is 58.3 Å². The number of hydrogen-bond donors (Lipinski definition) is 5. The van der Waals surface area contributed by atoms with E-state index in [-0.39, 0.29) is 18.3 Å². The van der Waals surface area contributed by atoms with Crippen LogP contribution in [0.4, 0.5) is 14.4 Å². The van der Waals surface area contributed by atoms with Crippen LogP contribution in [-0.4, -0.2) is 62.3 Å². The van der Waals surface area contributed by atoms with E-state index in [2.05, 4.69) is 9.47 Å². The Kier molecular flexibility index (Phi) is 11.9. The minimum atomic E-state index is -1.83. The number of ether oxygens (including phenoxy) is 2. The largest absolute Gasteiger partial charge is 0.506 e. The van der Waals surface area contributed by atoms with Gasteiger partial charge in [-0.05, 0) is 50.9 Å². The van der Waals surface area contributed by atoms with Crippen LogP contribution in [0.2, 0.25) is 0 Å². The van der Waals surface area contributed by atoms with Gasteiger partial charge in [0.05, 0.1) is 6.10 Å². The highest BCUT2D eigenvalue weighted by Crippen LogP contribution is 2.28. The Labute approximate surface area is 151 Å². The molecule has 2 atom stereocenters. The molecule has 0 saturated heterocycles. The van der Waals surface area contributed by atoms with E-state index >= 15 is 0 Å². The highest BCUT2D eigenvalue weighted by molar-refractivity contribution is 5.57. The van der Waals surface area contributed by atoms with Crippen molar-refractivity contribution < 1.29 is 49.4 Å². The Morgan fingerprint density at radius 3 is 1.27 bits per heavy atom. The summed E-state index contributed by atoms with van der Waals surface area (Å²) in [6.07, 6.45) is 4.04. The van der Waals surface area contributed by atoms with Crippen LogP contribution < -0.4 is 0 Å². The zero-order valence-electron chi connectivity index (χ0n) is 14.7. The fourth-order valence-corrected chi connectivity index (χ4v) is 1.96. The van der Waals surface area contributed by atoms with Crippen LogP contribution in [0.25, 0.3) is 0 Å². The predicted octanol–water partition coefficient (Wildman–Crippen LogP) is 3.47. The Balaban J connectivity index is 0.000000342. The number of rotatable bonds is 2. The second-order valence-electron chi connectivity index (χ2n) is 6.29.